The maximum absolute atomic E-state index is 12.1. The highest BCUT2D eigenvalue weighted by molar-refractivity contribution is 5.82. The van der Waals surface area contributed by atoms with Gasteiger partial charge in [0, 0.05) is 25.2 Å². The number of hydrogen-bond donors (Lipinski definition) is 2. The van der Waals surface area contributed by atoms with E-state index in [1.54, 1.807) is 0 Å². The van der Waals surface area contributed by atoms with Gasteiger partial charge in [-0.15, -0.1) is 0 Å². The van der Waals surface area contributed by atoms with Crippen molar-refractivity contribution in [1.82, 2.24) is 15.5 Å². The van der Waals surface area contributed by atoms with Gasteiger partial charge in [0.2, 0.25) is 5.91 Å². The molecule has 0 aromatic carbocycles. The summed E-state index contributed by atoms with van der Waals surface area (Å²) in [6, 6.07) is 1.03. The molecule has 2 atom stereocenters. The topological polar surface area (TPSA) is 44.4 Å². The average Bonchev–Trinajstić information content (AvgIpc) is 2.33. The summed E-state index contributed by atoms with van der Waals surface area (Å²) in [6.07, 6.45) is 2.33. The van der Waals surface area contributed by atoms with Gasteiger partial charge in [0.25, 0.3) is 0 Å². The van der Waals surface area contributed by atoms with Crippen LogP contribution in [0.1, 0.15) is 47.5 Å². The zero-order chi connectivity index (χ0) is 14.4. The maximum atomic E-state index is 12.1. The lowest BCUT2D eigenvalue weighted by molar-refractivity contribution is -0.124. The smallest absolute Gasteiger partial charge is 0.237 e. The number of carbonyl (C=O) groups is 1. The molecule has 1 amide bonds. The van der Waals surface area contributed by atoms with Crippen LogP contribution in [0.25, 0.3) is 0 Å². The highest BCUT2D eigenvalue weighted by Crippen LogP contribution is 2.15. The fourth-order valence-corrected chi connectivity index (χ4v) is 2.93. The Bertz CT molecular complexity index is 271. The van der Waals surface area contributed by atoms with Crippen LogP contribution in [0.15, 0.2) is 0 Å². The Hall–Kier alpha value is -0.610. The van der Waals surface area contributed by atoms with Crippen LogP contribution in [0.4, 0.5) is 0 Å². The second-order valence-corrected chi connectivity index (χ2v) is 6.27. The van der Waals surface area contributed by atoms with E-state index in [0.29, 0.717) is 18.0 Å². The van der Waals surface area contributed by atoms with Crippen LogP contribution in [0.2, 0.25) is 0 Å². The zero-order valence-electron chi connectivity index (χ0n) is 13.2. The minimum absolute atomic E-state index is 0.000278. The predicted octanol–water partition coefficient (Wildman–Crippen LogP) is 1.61. The van der Waals surface area contributed by atoms with Crippen molar-refractivity contribution in [2.24, 2.45) is 5.92 Å². The van der Waals surface area contributed by atoms with E-state index in [9.17, 15) is 4.79 Å². The third kappa shape index (κ3) is 5.11. The fourth-order valence-electron chi connectivity index (χ4n) is 2.93. The van der Waals surface area contributed by atoms with Crippen molar-refractivity contribution < 1.29 is 4.79 Å². The van der Waals surface area contributed by atoms with Crippen LogP contribution >= 0.6 is 0 Å². The van der Waals surface area contributed by atoms with Crippen molar-refractivity contribution >= 4 is 5.91 Å². The summed E-state index contributed by atoms with van der Waals surface area (Å²) in [5, 5.41) is 6.41. The molecule has 1 fully saturated rings. The molecule has 0 bridgehead atoms. The van der Waals surface area contributed by atoms with Gasteiger partial charge in [-0.25, -0.2) is 0 Å². The highest BCUT2D eigenvalue weighted by atomic mass is 16.2. The van der Waals surface area contributed by atoms with E-state index in [-0.39, 0.29) is 11.9 Å². The van der Waals surface area contributed by atoms with Crippen LogP contribution in [0.5, 0.6) is 0 Å². The molecule has 112 valence electrons. The lowest BCUT2D eigenvalue weighted by atomic mass is 9.92. The highest BCUT2D eigenvalue weighted by Gasteiger charge is 2.27. The van der Waals surface area contributed by atoms with Gasteiger partial charge < -0.3 is 10.6 Å². The Labute approximate surface area is 118 Å². The van der Waals surface area contributed by atoms with Crippen molar-refractivity contribution in [2.45, 2.75) is 65.6 Å². The molecule has 0 aliphatic carbocycles. The van der Waals surface area contributed by atoms with E-state index in [2.05, 4.69) is 50.2 Å². The summed E-state index contributed by atoms with van der Waals surface area (Å²) in [7, 11) is 0. The second kappa shape index (κ2) is 7.85. The van der Waals surface area contributed by atoms with E-state index >= 15 is 0 Å². The summed E-state index contributed by atoms with van der Waals surface area (Å²) in [5.74, 6) is 0.611. The minimum atomic E-state index is 0.000278. The predicted molar refractivity (Wildman–Crippen MR) is 80.2 cm³/mol. The maximum Gasteiger partial charge on any atom is 0.237 e. The number of hydrogen-bond acceptors (Lipinski definition) is 3. The lowest BCUT2D eigenvalue weighted by Gasteiger charge is -2.32. The standard InChI is InChI=1S/C15H31N3O/c1-11(2)18(12(3)4)10-9-17-15(19)14-13(5)7-6-8-16-14/h11-14,16H,6-10H2,1-5H3,(H,17,19). The molecule has 1 heterocycles. The average molecular weight is 269 g/mol. The molecule has 0 saturated carbocycles. The Morgan fingerprint density at radius 1 is 1.32 bits per heavy atom. The van der Waals surface area contributed by atoms with Crippen molar-refractivity contribution in [3.05, 3.63) is 0 Å². The van der Waals surface area contributed by atoms with Gasteiger partial charge in [-0.05, 0) is 53.0 Å². The summed E-state index contributed by atoms with van der Waals surface area (Å²) in [6.45, 7) is 13.6. The van der Waals surface area contributed by atoms with E-state index in [4.69, 9.17) is 0 Å². The van der Waals surface area contributed by atoms with Crippen molar-refractivity contribution in [3.63, 3.8) is 0 Å². The molecule has 1 aliphatic heterocycles. The SMILES string of the molecule is CC1CCCNC1C(=O)NCCN(C(C)C)C(C)C. The van der Waals surface area contributed by atoms with Gasteiger partial charge in [-0.3, -0.25) is 9.69 Å². The molecule has 1 rings (SSSR count). The van der Waals surface area contributed by atoms with E-state index < -0.39 is 0 Å². The Balaban J connectivity index is 2.33. The molecule has 0 radical (unpaired) electrons. The van der Waals surface area contributed by atoms with Gasteiger partial charge in [-0.2, -0.15) is 0 Å². The fraction of sp³-hybridized carbons (Fsp3) is 0.933. The number of nitrogens with zero attached hydrogens (tertiary/aromatic N) is 1. The number of rotatable bonds is 6. The van der Waals surface area contributed by atoms with Crippen molar-refractivity contribution in [2.75, 3.05) is 19.6 Å². The van der Waals surface area contributed by atoms with Crippen LogP contribution in [-0.4, -0.2) is 48.6 Å². The van der Waals surface area contributed by atoms with Crippen LogP contribution in [0.3, 0.4) is 0 Å². The van der Waals surface area contributed by atoms with Crippen LogP contribution < -0.4 is 10.6 Å². The number of piperidine rings is 1. The van der Waals surface area contributed by atoms with Crippen molar-refractivity contribution in [1.29, 1.82) is 0 Å². The molecule has 19 heavy (non-hydrogen) atoms. The molecule has 2 N–H and O–H groups in total. The van der Waals surface area contributed by atoms with Gasteiger partial charge in [0.15, 0.2) is 0 Å². The first-order valence-electron chi connectivity index (χ1n) is 7.70. The van der Waals surface area contributed by atoms with E-state index in [0.717, 1.165) is 26.1 Å². The normalized spacial score (nSPS) is 24.2. The molecule has 1 aliphatic rings. The van der Waals surface area contributed by atoms with Crippen molar-refractivity contribution in [3.8, 4) is 0 Å². The first kappa shape index (κ1) is 16.4. The number of amides is 1. The summed E-state index contributed by atoms with van der Waals surface area (Å²) in [4.78, 5) is 14.5. The van der Waals surface area contributed by atoms with Gasteiger partial charge in [-0.1, -0.05) is 6.92 Å². The Morgan fingerprint density at radius 3 is 2.47 bits per heavy atom. The largest absolute Gasteiger partial charge is 0.353 e. The molecule has 4 heteroatoms. The summed E-state index contributed by atoms with van der Waals surface area (Å²) >= 11 is 0. The minimum Gasteiger partial charge on any atom is -0.353 e. The Morgan fingerprint density at radius 2 is 1.95 bits per heavy atom. The molecule has 0 aromatic heterocycles. The second-order valence-electron chi connectivity index (χ2n) is 6.27. The van der Waals surface area contributed by atoms with Gasteiger partial charge in [0.1, 0.15) is 0 Å². The molecular weight excluding hydrogens is 238 g/mol. The molecule has 4 nitrogen and oxygen atoms in total. The van der Waals surface area contributed by atoms with Crippen LogP contribution in [0, 0.1) is 5.92 Å². The third-order valence-electron chi connectivity index (χ3n) is 4.05. The number of carbonyl (C=O) groups excluding carboxylic acids is 1. The third-order valence-corrected chi connectivity index (χ3v) is 4.05. The first-order chi connectivity index (χ1) is 8.93. The zero-order valence-corrected chi connectivity index (χ0v) is 13.2. The molecule has 2 unspecified atom stereocenters. The van der Waals surface area contributed by atoms with Gasteiger partial charge >= 0.3 is 0 Å². The molecule has 1 saturated heterocycles. The first-order valence-corrected chi connectivity index (χ1v) is 7.70. The Kier molecular flexibility index (Phi) is 6.80. The molecule has 0 spiro atoms. The lowest BCUT2D eigenvalue weighted by Crippen LogP contribution is -2.52. The number of nitrogens with one attached hydrogen (secondary N) is 2. The monoisotopic (exact) mass is 269 g/mol. The van der Waals surface area contributed by atoms with E-state index in [1.807, 2.05) is 0 Å². The van der Waals surface area contributed by atoms with Crippen LogP contribution in [-0.2, 0) is 4.79 Å². The van der Waals surface area contributed by atoms with Gasteiger partial charge in [0.05, 0.1) is 6.04 Å². The molecular formula is C15H31N3O. The molecule has 0 aromatic rings. The quantitative estimate of drug-likeness (QED) is 0.770. The summed E-state index contributed by atoms with van der Waals surface area (Å²) < 4.78 is 0. The van der Waals surface area contributed by atoms with E-state index in [1.165, 1.54) is 6.42 Å². The summed E-state index contributed by atoms with van der Waals surface area (Å²) in [5.41, 5.74) is 0.